The summed E-state index contributed by atoms with van der Waals surface area (Å²) in [7, 11) is 1.29. The Morgan fingerprint density at radius 3 is 2.58 bits per heavy atom. The molecule has 1 N–H and O–H groups in total. The molecule has 2 fully saturated rings. The van der Waals surface area contributed by atoms with Crippen molar-refractivity contribution in [1.29, 1.82) is 5.26 Å². The molecule has 0 saturated carbocycles. The highest BCUT2D eigenvalue weighted by Gasteiger charge is 2.32. The molecular weight excluding hydrogens is 706 g/mol. The van der Waals surface area contributed by atoms with Crippen LogP contribution in [-0.2, 0) is 30.5 Å². The average Bonchev–Trinajstić information content (AvgIpc) is 3.12. The maximum absolute atomic E-state index is 13.6. The first kappa shape index (κ1) is 38.4. The second kappa shape index (κ2) is 18.0. The number of ether oxygens (including phenoxy) is 3. The van der Waals surface area contributed by atoms with Crippen LogP contribution in [0.5, 0.6) is 5.75 Å². The summed E-state index contributed by atoms with van der Waals surface area (Å²) in [5.74, 6) is -0.367. The molecule has 1 aromatic heterocycles. The maximum atomic E-state index is 13.6. The van der Waals surface area contributed by atoms with Crippen LogP contribution in [0.25, 0.3) is 0 Å². The first-order chi connectivity index (χ1) is 23.9. The van der Waals surface area contributed by atoms with Crippen molar-refractivity contribution < 1.29 is 33.4 Å². The lowest BCUT2D eigenvalue weighted by Crippen LogP contribution is -2.46. The molecular formula is C37H46BrN5O7. The van der Waals surface area contributed by atoms with E-state index in [4.69, 9.17) is 19.5 Å². The molecule has 13 heteroatoms. The molecule has 0 bridgehead atoms. The number of nitrogens with one attached hydrogen (secondary N) is 1. The fourth-order valence-electron chi connectivity index (χ4n) is 6.04. The molecule has 2 saturated heterocycles. The molecule has 1 aromatic carbocycles. The van der Waals surface area contributed by atoms with E-state index in [2.05, 4.69) is 38.9 Å². The molecule has 2 atom stereocenters. The van der Waals surface area contributed by atoms with Gasteiger partial charge in [-0.15, -0.1) is 0 Å². The lowest BCUT2D eigenvalue weighted by Gasteiger charge is -2.35. The summed E-state index contributed by atoms with van der Waals surface area (Å²) in [6.45, 7) is 9.59. The summed E-state index contributed by atoms with van der Waals surface area (Å²) in [6, 6.07) is 8.43. The highest BCUT2D eigenvalue weighted by atomic mass is 79.9. The number of amides is 3. The number of rotatable bonds is 13. The van der Waals surface area contributed by atoms with Crippen molar-refractivity contribution in [2.75, 3.05) is 33.3 Å². The Kier molecular flexibility index (Phi) is 13.8. The zero-order chi connectivity index (χ0) is 36.3. The number of piperidine rings is 2. The van der Waals surface area contributed by atoms with Crippen molar-refractivity contribution in [2.45, 2.75) is 77.0 Å². The monoisotopic (exact) mass is 751 g/mol. The number of methoxy groups -OCH3 is 1. The number of hydrogen-bond acceptors (Lipinski definition) is 9. The van der Waals surface area contributed by atoms with E-state index < -0.39 is 23.5 Å². The predicted octanol–water partition coefficient (Wildman–Crippen LogP) is 5.85. The standard InChI is InChI=1S/C37H46BrN5O7/c1-5-37(2,3)50-36(47)42-15-12-25(13-16-42)9-11-33(44)43-14-6-7-28(23-43)35(46)41-32(19-34(45)48-4)29-18-30(22-40-21-29)49-24-26-8-10-27(20-39)31(38)17-26/h5,8,10,17-18,21-22,25,28,32H,1,6-7,9,11-16,19,23-24H2,2-4H3,(H,41,46)/t28-,32+/m1/s1. The Balaban J connectivity index is 1.30. The summed E-state index contributed by atoms with van der Waals surface area (Å²) < 4.78 is 17.0. The van der Waals surface area contributed by atoms with Gasteiger partial charge in [-0.05, 0) is 103 Å². The van der Waals surface area contributed by atoms with Gasteiger partial charge in [-0.1, -0.05) is 12.6 Å². The summed E-state index contributed by atoms with van der Waals surface area (Å²) in [6.07, 6.45) is 8.32. The molecule has 2 aliphatic heterocycles. The van der Waals surface area contributed by atoms with Crippen molar-refractivity contribution >= 4 is 39.8 Å². The van der Waals surface area contributed by atoms with Gasteiger partial charge in [0.2, 0.25) is 11.8 Å². The van der Waals surface area contributed by atoms with Crippen LogP contribution in [0.4, 0.5) is 4.79 Å². The van der Waals surface area contributed by atoms with Gasteiger partial charge >= 0.3 is 12.1 Å². The van der Waals surface area contributed by atoms with Crippen LogP contribution in [0.15, 0.2) is 53.8 Å². The Labute approximate surface area is 302 Å². The van der Waals surface area contributed by atoms with Crippen LogP contribution in [0, 0.1) is 23.2 Å². The number of pyridine rings is 1. The molecule has 3 amide bonds. The largest absolute Gasteiger partial charge is 0.487 e. The zero-order valence-electron chi connectivity index (χ0n) is 29.0. The van der Waals surface area contributed by atoms with E-state index in [1.165, 1.54) is 7.11 Å². The fourth-order valence-corrected chi connectivity index (χ4v) is 6.56. The molecule has 268 valence electrons. The summed E-state index contributed by atoms with van der Waals surface area (Å²) >= 11 is 3.39. The first-order valence-corrected chi connectivity index (χ1v) is 17.7. The Hall–Kier alpha value is -4.44. The molecule has 0 unspecified atom stereocenters. The number of carbonyl (C=O) groups excluding carboxylic acids is 4. The van der Waals surface area contributed by atoms with Crippen molar-refractivity contribution in [3.63, 3.8) is 0 Å². The third kappa shape index (κ3) is 11.0. The second-order valence-corrected chi connectivity index (χ2v) is 14.2. The number of aromatic nitrogens is 1. The SMILES string of the molecule is C=CC(C)(C)OC(=O)N1CCC(CCC(=O)N2CCC[C@@H](C(=O)N[C@@H](CC(=O)OC)c3cncc(OCc4ccc(C#N)c(Br)c4)c3)C2)CC1. The maximum Gasteiger partial charge on any atom is 0.410 e. The van der Waals surface area contributed by atoms with Crippen LogP contribution >= 0.6 is 15.9 Å². The molecule has 3 heterocycles. The van der Waals surface area contributed by atoms with E-state index in [0.29, 0.717) is 72.7 Å². The van der Waals surface area contributed by atoms with Crippen molar-refractivity contribution in [2.24, 2.45) is 11.8 Å². The molecule has 0 spiro atoms. The highest BCUT2D eigenvalue weighted by molar-refractivity contribution is 9.10. The van der Waals surface area contributed by atoms with Gasteiger partial charge in [-0.3, -0.25) is 19.4 Å². The quantitative estimate of drug-likeness (QED) is 0.196. The normalized spacial score (nSPS) is 17.2. The third-order valence-corrected chi connectivity index (χ3v) is 9.89. The van der Waals surface area contributed by atoms with E-state index in [-0.39, 0.29) is 30.9 Å². The van der Waals surface area contributed by atoms with Gasteiger partial charge in [0.15, 0.2) is 0 Å². The molecule has 0 radical (unpaired) electrons. The summed E-state index contributed by atoms with van der Waals surface area (Å²) in [5, 5.41) is 12.2. The fraction of sp³-hybridized carbons (Fsp3) is 0.514. The minimum atomic E-state index is -0.726. The van der Waals surface area contributed by atoms with Gasteiger partial charge in [0, 0.05) is 43.3 Å². The number of benzene rings is 1. The molecule has 2 aromatic rings. The first-order valence-electron chi connectivity index (χ1n) is 16.9. The lowest BCUT2D eigenvalue weighted by atomic mass is 9.91. The lowest BCUT2D eigenvalue weighted by molar-refractivity contribution is -0.141. The highest BCUT2D eigenvalue weighted by Crippen LogP contribution is 2.27. The third-order valence-electron chi connectivity index (χ3n) is 9.24. The van der Waals surface area contributed by atoms with Crippen LogP contribution in [0.1, 0.15) is 81.5 Å². The predicted molar refractivity (Wildman–Crippen MR) is 189 cm³/mol. The zero-order valence-corrected chi connectivity index (χ0v) is 30.6. The smallest absolute Gasteiger partial charge is 0.410 e. The van der Waals surface area contributed by atoms with Crippen molar-refractivity contribution in [3.8, 4) is 11.8 Å². The second-order valence-electron chi connectivity index (χ2n) is 13.3. The number of carbonyl (C=O) groups is 4. The van der Waals surface area contributed by atoms with E-state index in [1.807, 2.05) is 6.07 Å². The van der Waals surface area contributed by atoms with Crippen LogP contribution in [0.3, 0.4) is 0 Å². The number of nitriles is 1. The number of halogens is 1. The molecule has 2 aliphatic rings. The van der Waals surface area contributed by atoms with E-state index >= 15 is 0 Å². The Bertz CT molecular complexity index is 1580. The van der Waals surface area contributed by atoms with Gasteiger partial charge in [0.05, 0.1) is 37.3 Å². The minimum absolute atomic E-state index is 0.0199. The minimum Gasteiger partial charge on any atom is -0.487 e. The molecule has 0 aliphatic carbocycles. The van der Waals surface area contributed by atoms with Crippen LogP contribution < -0.4 is 10.1 Å². The van der Waals surface area contributed by atoms with E-state index in [0.717, 1.165) is 24.8 Å². The number of likely N-dealkylation sites (tertiary alicyclic amines) is 2. The number of nitrogens with zero attached hydrogens (tertiary/aromatic N) is 4. The molecule has 4 rings (SSSR count). The molecule has 12 nitrogen and oxygen atoms in total. The van der Waals surface area contributed by atoms with E-state index in [1.54, 1.807) is 60.3 Å². The number of esters is 1. The van der Waals surface area contributed by atoms with Gasteiger partial charge in [0.1, 0.15) is 24.0 Å². The van der Waals surface area contributed by atoms with E-state index in [9.17, 15) is 19.2 Å². The summed E-state index contributed by atoms with van der Waals surface area (Å²) in [4.78, 5) is 59.4. The van der Waals surface area contributed by atoms with Crippen LogP contribution in [-0.4, -0.2) is 77.6 Å². The van der Waals surface area contributed by atoms with Gasteiger partial charge in [0.25, 0.3) is 0 Å². The molecule has 50 heavy (non-hydrogen) atoms. The van der Waals surface area contributed by atoms with Gasteiger partial charge < -0.3 is 29.3 Å². The number of hydrogen-bond donors (Lipinski definition) is 1. The Morgan fingerprint density at radius 2 is 1.90 bits per heavy atom. The van der Waals surface area contributed by atoms with Crippen molar-refractivity contribution in [1.82, 2.24) is 20.1 Å². The van der Waals surface area contributed by atoms with Gasteiger partial charge in [-0.2, -0.15) is 5.26 Å². The van der Waals surface area contributed by atoms with Crippen LogP contribution in [0.2, 0.25) is 0 Å². The van der Waals surface area contributed by atoms with Gasteiger partial charge in [-0.25, -0.2) is 4.79 Å². The summed E-state index contributed by atoms with van der Waals surface area (Å²) in [5.41, 5.74) is 1.21. The Morgan fingerprint density at radius 1 is 1.14 bits per heavy atom. The van der Waals surface area contributed by atoms with Crippen molar-refractivity contribution in [3.05, 3.63) is 70.5 Å². The average molecular weight is 753 g/mol. The topological polar surface area (TPSA) is 151 Å².